The molecule has 1 heterocycles. The van der Waals surface area contributed by atoms with E-state index in [0.717, 1.165) is 13.0 Å². The molecular formula is C14H15N3O2. The molecule has 0 spiro atoms. The van der Waals surface area contributed by atoms with E-state index < -0.39 is 5.97 Å². The van der Waals surface area contributed by atoms with Gasteiger partial charge in [-0.25, -0.2) is 9.78 Å². The Morgan fingerprint density at radius 2 is 2.05 bits per heavy atom. The van der Waals surface area contributed by atoms with Crippen molar-refractivity contribution in [1.82, 2.24) is 9.97 Å². The Labute approximate surface area is 111 Å². The maximum Gasteiger partial charge on any atom is 0.358 e. The highest BCUT2D eigenvalue weighted by molar-refractivity contribution is 5.87. The molecule has 0 saturated heterocycles. The smallest absolute Gasteiger partial charge is 0.358 e. The second kappa shape index (κ2) is 6.49. The molecule has 0 atom stereocenters. The lowest BCUT2D eigenvalue weighted by Crippen LogP contribution is -2.10. The highest BCUT2D eigenvalue weighted by Crippen LogP contribution is 2.05. The van der Waals surface area contributed by atoms with Crippen LogP contribution in [0, 0.1) is 0 Å². The quantitative estimate of drug-likeness (QED) is 0.829. The Balaban J connectivity index is 1.91. The van der Waals surface area contributed by atoms with Gasteiger partial charge in [0.2, 0.25) is 0 Å². The van der Waals surface area contributed by atoms with E-state index in [0.29, 0.717) is 5.82 Å². The number of nitrogens with zero attached hydrogens (tertiary/aromatic N) is 2. The van der Waals surface area contributed by atoms with Gasteiger partial charge in [-0.1, -0.05) is 30.3 Å². The Hall–Kier alpha value is -2.43. The number of methoxy groups -OCH3 is 1. The van der Waals surface area contributed by atoms with Crippen LogP contribution < -0.4 is 5.32 Å². The maximum absolute atomic E-state index is 11.3. The average Bonchev–Trinajstić information content (AvgIpc) is 2.48. The molecule has 2 aromatic rings. The van der Waals surface area contributed by atoms with E-state index in [-0.39, 0.29) is 5.69 Å². The molecule has 0 amide bonds. The standard InChI is InChI=1S/C14H15N3O2/c1-19-14(18)12-9-15-10-13(17-12)16-8-7-11-5-3-2-4-6-11/h2-6,9-10H,7-8H2,1H3,(H,16,17). The van der Waals surface area contributed by atoms with Crippen molar-refractivity contribution in [2.45, 2.75) is 6.42 Å². The molecule has 1 aromatic heterocycles. The van der Waals surface area contributed by atoms with Gasteiger partial charge in [0.05, 0.1) is 19.5 Å². The van der Waals surface area contributed by atoms with Crippen LogP contribution in [0.15, 0.2) is 42.7 Å². The fourth-order valence-electron chi connectivity index (χ4n) is 1.63. The molecule has 0 saturated carbocycles. The van der Waals surface area contributed by atoms with Crippen LogP contribution in [-0.2, 0) is 11.2 Å². The lowest BCUT2D eigenvalue weighted by Gasteiger charge is -2.06. The van der Waals surface area contributed by atoms with Gasteiger partial charge in [0, 0.05) is 6.54 Å². The number of hydrogen-bond acceptors (Lipinski definition) is 5. The van der Waals surface area contributed by atoms with E-state index in [9.17, 15) is 4.79 Å². The Kier molecular flexibility index (Phi) is 4.44. The van der Waals surface area contributed by atoms with Gasteiger partial charge in [-0.3, -0.25) is 4.98 Å². The first-order chi connectivity index (χ1) is 9.29. The van der Waals surface area contributed by atoms with Gasteiger partial charge in [0.25, 0.3) is 0 Å². The minimum absolute atomic E-state index is 0.201. The first kappa shape index (κ1) is 13.0. The molecule has 0 radical (unpaired) electrons. The topological polar surface area (TPSA) is 64.1 Å². The molecule has 98 valence electrons. The second-order valence-electron chi connectivity index (χ2n) is 3.94. The third-order valence-electron chi connectivity index (χ3n) is 2.59. The summed E-state index contributed by atoms with van der Waals surface area (Å²) in [6, 6.07) is 10.1. The molecule has 5 heteroatoms. The summed E-state index contributed by atoms with van der Waals surface area (Å²) in [6.45, 7) is 0.726. The molecule has 1 N–H and O–H groups in total. The first-order valence-corrected chi connectivity index (χ1v) is 5.98. The summed E-state index contributed by atoms with van der Waals surface area (Å²) in [5.41, 5.74) is 1.44. The van der Waals surface area contributed by atoms with E-state index in [1.807, 2.05) is 18.2 Å². The first-order valence-electron chi connectivity index (χ1n) is 5.98. The predicted molar refractivity (Wildman–Crippen MR) is 72.0 cm³/mol. The summed E-state index contributed by atoms with van der Waals surface area (Å²) in [4.78, 5) is 19.4. The third kappa shape index (κ3) is 3.77. The third-order valence-corrected chi connectivity index (χ3v) is 2.59. The number of hydrogen-bond donors (Lipinski definition) is 1. The van der Waals surface area contributed by atoms with E-state index in [1.54, 1.807) is 6.20 Å². The van der Waals surface area contributed by atoms with Gasteiger partial charge >= 0.3 is 5.97 Å². The Bertz CT molecular complexity index is 543. The molecule has 1 aromatic carbocycles. The molecule has 0 unspecified atom stereocenters. The Morgan fingerprint density at radius 3 is 2.79 bits per heavy atom. The number of esters is 1. The lowest BCUT2D eigenvalue weighted by molar-refractivity contribution is 0.0593. The number of benzene rings is 1. The average molecular weight is 257 g/mol. The monoisotopic (exact) mass is 257 g/mol. The van der Waals surface area contributed by atoms with Crippen LogP contribution in [0.25, 0.3) is 0 Å². The molecule has 0 aliphatic heterocycles. The van der Waals surface area contributed by atoms with Crippen molar-refractivity contribution in [3.8, 4) is 0 Å². The number of anilines is 1. The molecule has 0 aliphatic carbocycles. The SMILES string of the molecule is COC(=O)c1cncc(NCCc2ccccc2)n1. The van der Waals surface area contributed by atoms with E-state index >= 15 is 0 Å². The summed E-state index contributed by atoms with van der Waals surface area (Å²) in [5, 5.41) is 3.13. The van der Waals surface area contributed by atoms with Gasteiger partial charge in [-0.15, -0.1) is 0 Å². The van der Waals surface area contributed by atoms with Crippen LogP contribution in [0.5, 0.6) is 0 Å². The van der Waals surface area contributed by atoms with Crippen LogP contribution in [-0.4, -0.2) is 29.6 Å². The van der Waals surface area contributed by atoms with Crippen molar-refractivity contribution in [3.05, 3.63) is 54.0 Å². The summed E-state index contributed by atoms with van der Waals surface area (Å²) >= 11 is 0. The molecule has 0 bridgehead atoms. The fraction of sp³-hybridized carbons (Fsp3) is 0.214. The van der Waals surface area contributed by atoms with Crippen LogP contribution in [0.4, 0.5) is 5.82 Å². The van der Waals surface area contributed by atoms with Crippen LogP contribution >= 0.6 is 0 Å². The summed E-state index contributed by atoms with van der Waals surface area (Å²) in [7, 11) is 1.32. The molecule has 19 heavy (non-hydrogen) atoms. The van der Waals surface area contributed by atoms with Crippen LogP contribution in [0.2, 0.25) is 0 Å². The van der Waals surface area contributed by atoms with Gasteiger partial charge < -0.3 is 10.1 Å². The van der Waals surface area contributed by atoms with Gasteiger partial charge in [-0.05, 0) is 12.0 Å². The maximum atomic E-state index is 11.3. The van der Waals surface area contributed by atoms with Crippen molar-refractivity contribution in [2.24, 2.45) is 0 Å². The van der Waals surface area contributed by atoms with Crippen LogP contribution in [0.3, 0.4) is 0 Å². The zero-order valence-corrected chi connectivity index (χ0v) is 10.7. The van der Waals surface area contributed by atoms with Gasteiger partial charge in [-0.2, -0.15) is 0 Å². The number of rotatable bonds is 5. The summed E-state index contributed by atoms with van der Waals surface area (Å²) in [6.07, 6.45) is 3.84. The van der Waals surface area contributed by atoms with Crippen LogP contribution in [0.1, 0.15) is 16.1 Å². The normalized spacial score (nSPS) is 9.95. The molecule has 0 fully saturated rings. The van der Waals surface area contributed by atoms with Crippen molar-refractivity contribution >= 4 is 11.8 Å². The zero-order chi connectivity index (χ0) is 13.5. The molecule has 2 rings (SSSR count). The second-order valence-corrected chi connectivity index (χ2v) is 3.94. The fourth-order valence-corrected chi connectivity index (χ4v) is 1.63. The van der Waals surface area contributed by atoms with Crippen molar-refractivity contribution in [2.75, 3.05) is 19.0 Å². The van der Waals surface area contributed by atoms with E-state index in [4.69, 9.17) is 0 Å². The van der Waals surface area contributed by atoms with Gasteiger partial charge in [0.1, 0.15) is 5.82 Å². The minimum Gasteiger partial charge on any atom is -0.464 e. The molecule has 0 aliphatic rings. The Morgan fingerprint density at radius 1 is 1.26 bits per heavy atom. The summed E-state index contributed by atoms with van der Waals surface area (Å²) in [5.74, 6) is 0.0815. The number of carbonyl (C=O) groups is 1. The minimum atomic E-state index is -0.487. The number of carbonyl (C=O) groups excluding carboxylic acids is 1. The number of ether oxygens (including phenoxy) is 1. The zero-order valence-electron chi connectivity index (χ0n) is 10.7. The van der Waals surface area contributed by atoms with Crippen molar-refractivity contribution in [1.29, 1.82) is 0 Å². The highest BCUT2D eigenvalue weighted by Gasteiger charge is 2.07. The summed E-state index contributed by atoms with van der Waals surface area (Å²) < 4.78 is 4.60. The predicted octanol–water partition coefficient (Wildman–Crippen LogP) is 1.92. The molecular weight excluding hydrogens is 242 g/mol. The van der Waals surface area contributed by atoms with E-state index in [2.05, 4.69) is 32.2 Å². The van der Waals surface area contributed by atoms with Crippen molar-refractivity contribution < 1.29 is 9.53 Å². The van der Waals surface area contributed by atoms with E-state index in [1.165, 1.54) is 18.9 Å². The largest absolute Gasteiger partial charge is 0.464 e. The lowest BCUT2D eigenvalue weighted by atomic mass is 10.1. The van der Waals surface area contributed by atoms with Crippen molar-refractivity contribution in [3.63, 3.8) is 0 Å². The molecule has 5 nitrogen and oxygen atoms in total. The number of nitrogens with one attached hydrogen (secondary N) is 1. The highest BCUT2D eigenvalue weighted by atomic mass is 16.5. The van der Waals surface area contributed by atoms with Gasteiger partial charge in [0.15, 0.2) is 5.69 Å². The number of aromatic nitrogens is 2.